The van der Waals surface area contributed by atoms with Crippen molar-refractivity contribution in [3.8, 4) is 5.75 Å². The highest BCUT2D eigenvalue weighted by atomic mass is 79.9. The molecule has 2 aromatic rings. The molecule has 1 saturated heterocycles. The number of ether oxygens (including phenoxy) is 1. The highest BCUT2D eigenvalue weighted by molar-refractivity contribution is 9.10. The minimum absolute atomic E-state index is 0.0441. The van der Waals surface area contributed by atoms with Crippen LogP contribution in [-0.4, -0.2) is 35.9 Å². The van der Waals surface area contributed by atoms with Crippen LogP contribution in [0.15, 0.2) is 53.0 Å². The fourth-order valence-corrected chi connectivity index (χ4v) is 3.49. The van der Waals surface area contributed by atoms with Crippen molar-refractivity contribution >= 4 is 27.7 Å². The maximum absolute atomic E-state index is 13.8. The molecule has 1 fully saturated rings. The molecule has 3 atom stereocenters. The number of ketones is 1. The van der Waals surface area contributed by atoms with Crippen LogP contribution in [0.2, 0.25) is 0 Å². The van der Waals surface area contributed by atoms with Gasteiger partial charge in [-0.1, -0.05) is 40.2 Å². The van der Waals surface area contributed by atoms with Crippen molar-refractivity contribution in [3.63, 3.8) is 0 Å². The number of nitrogens with one attached hydrogen (secondary N) is 2. The summed E-state index contributed by atoms with van der Waals surface area (Å²) in [6, 6.07) is 8.81. The maximum Gasteiger partial charge on any atom is 0.437 e. The Balaban J connectivity index is 2.13. The minimum atomic E-state index is -5.30. The van der Waals surface area contributed by atoms with E-state index in [4.69, 9.17) is 4.74 Å². The van der Waals surface area contributed by atoms with Gasteiger partial charge in [-0.15, -0.1) is 0 Å². The van der Waals surface area contributed by atoms with Crippen molar-refractivity contribution in [1.82, 2.24) is 10.6 Å². The lowest BCUT2D eigenvalue weighted by atomic mass is 9.77. The quantitative estimate of drug-likeness (QED) is 0.593. The summed E-state index contributed by atoms with van der Waals surface area (Å²) in [4.78, 5) is 25.1. The first-order chi connectivity index (χ1) is 13.6. The molecule has 3 rings (SSSR count). The van der Waals surface area contributed by atoms with Gasteiger partial charge in [0.15, 0.2) is 5.78 Å². The highest BCUT2D eigenvalue weighted by Gasteiger charge is 2.66. The lowest BCUT2D eigenvalue weighted by molar-refractivity contribution is -0.287. The first-order valence-electron chi connectivity index (χ1n) is 8.38. The van der Waals surface area contributed by atoms with Crippen LogP contribution in [0.4, 0.5) is 18.0 Å². The van der Waals surface area contributed by atoms with Gasteiger partial charge in [0, 0.05) is 10.0 Å². The number of hydrogen-bond acceptors (Lipinski definition) is 4. The molecule has 2 aromatic carbocycles. The molecule has 3 unspecified atom stereocenters. The molecule has 1 heterocycles. The van der Waals surface area contributed by atoms with E-state index in [1.165, 1.54) is 61.0 Å². The third-order valence-electron chi connectivity index (χ3n) is 4.69. The summed E-state index contributed by atoms with van der Waals surface area (Å²) in [6.45, 7) is 0. The molecule has 1 aliphatic heterocycles. The van der Waals surface area contributed by atoms with Crippen molar-refractivity contribution in [2.45, 2.75) is 17.9 Å². The van der Waals surface area contributed by atoms with E-state index in [0.717, 1.165) is 0 Å². The second kappa shape index (κ2) is 7.68. The van der Waals surface area contributed by atoms with Gasteiger partial charge < -0.3 is 20.5 Å². The van der Waals surface area contributed by atoms with Crippen LogP contribution in [0.25, 0.3) is 0 Å². The second-order valence-electron chi connectivity index (χ2n) is 6.46. The number of rotatable bonds is 4. The normalized spacial score (nSPS) is 24.4. The molecule has 10 heteroatoms. The van der Waals surface area contributed by atoms with Crippen LogP contribution < -0.4 is 15.4 Å². The van der Waals surface area contributed by atoms with Crippen molar-refractivity contribution in [2.75, 3.05) is 7.11 Å². The van der Waals surface area contributed by atoms with Crippen LogP contribution in [0, 0.1) is 5.92 Å². The summed E-state index contributed by atoms with van der Waals surface area (Å²) < 4.78 is 47.1. The third kappa shape index (κ3) is 3.95. The van der Waals surface area contributed by atoms with E-state index in [1.807, 2.05) is 0 Å². The predicted molar refractivity (Wildman–Crippen MR) is 100 cm³/mol. The van der Waals surface area contributed by atoms with Crippen molar-refractivity contribution < 1.29 is 32.6 Å². The molecule has 154 valence electrons. The average molecular weight is 473 g/mol. The number of halogens is 4. The SMILES string of the molecule is COc1ccc(C2NC(=O)NC(O)(C(F)(F)F)C2C(=O)c2ccc(Br)cc2)cc1. The molecule has 6 nitrogen and oxygen atoms in total. The van der Waals surface area contributed by atoms with Crippen LogP contribution in [0.1, 0.15) is 22.0 Å². The number of benzene rings is 2. The van der Waals surface area contributed by atoms with Gasteiger partial charge in [0.05, 0.1) is 13.2 Å². The van der Waals surface area contributed by atoms with E-state index in [-0.39, 0.29) is 11.1 Å². The predicted octanol–water partition coefficient (Wildman–Crippen LogP) is 3.56. The Kier molecular flexibility index (Phi) is 5.59. The molecular formula is C19H16BrF3N2O4. The average Bonchev–Trinajstić information content (AvgIpc) is 2.67. The Morgan fingerprint density at radius 1 is 1.14 bits per heavy atom. The van der Waals surface area contributed by atoms with E-state index in [0.29, 0.717) is 10.2 Å². The number of hydrogen-bond donors (Lipinski definition) is 3. The van der Waals surface area contributed by atoms with Crippen LogP contribution in [0.5, 0.6) is 5.75 Å². The van der Waals surface area contributed by atoms with Gasteiger partial charge >= 0.3 is 12.2 Å². The number of carbonyl (C=O) groups excluding carboxylic acids is 2. The molecule has 0 aliphatic carbocycles. The van der Waals surface area contributed by atoms with E-state index in [9.17, 15) is 27.9 Å². The summed E-state index contributed by atoms with van der Waals surface area (Å²) in [5, 5.41) is 14.3. The fraction of sp³-hybridized carbons (Fsp3) is 0.263. The fourth-order valence-electron chi connectivity index (χ4n) is 3.22. The zero-order valence-electron chi connectivity index (χ0n) is 15.0. The van der Waals surface area contributed by atoms with E-state index in [1.54, 1.807) is 0 Å². The van der Waals surface area contributed by atoms with E-state index < -0.39 is 35.7 Å². The van der Waals surface area contributed by atoms with Gasteiger partial charge in [0.2, 0.25) is 5.72 Å². The molecule has 3 N–H and O–H groups in total. The van der Waals surface area contributed by atoms with Crippen LogP contribution in [-0.2, 0) is 0 Å². The Morgan fingerprint density at radius 3 is 2.24 bits per heavy atom. The number of Topliss-reactive ketones (excluding diaryl/α,β-unsaturated/α-hetero) is 1. The zero-order valence-corrected chi connectivity index (χ0v) is 16.5. The Morgan fingerprint density at radius 2 is 1.72 bits per heavy atom. The Hall–Kier alpha value is -2.59. The first-order valence-corrected chi connectivity index (χ1v) is 9.17. The smallest absolute Gasteiger partial charge is 0.437 e. The summed E-state index contributed by atoms with van der Waals surface area (Å²) in [7, 11) is 1.42. The zero-order chi connectivity index (χ0) is 21.4. The third-order valence-corrected chi connectivity index (χ3v) is 5.22. The van der Waals surface area contributed by atoms with Gasteiger partial charge in [-0.3, -0.25) is 4.79 Å². The molecule has 0 saturated carbocycles. The molecule has 2 amide bonds. The van der Waals surface area contributed by atoms with Gasteiger partial charge in [0.25, 0.3) is 0 Å². The van der Waals surface area contributed by atoms with Gasteiger partial charge in [-0.2, -0.15) is 13.2 Å². The number of carbonyl (C=O) groups is 2. The standard InChI is InChI=1S/C19H16BrF3N2O4/c1-29-13-8-4-10(5-9-13)15-14(16(26)11-2-6-12(20)7-3-11)18(28,19(21,22)23)25-17(27)24-15/h2-9,14-15,28H,1H3,(H2,24,25,27). The summed E-state index contributed by atoms with van der Waals surface area (Å²) in [6.07, 6.45) is -5.30. The number of amides is 2. The van der Waals surface area contributed by atoms with Gasteiger partial charge in [-0.05, 0) is 29.8 Å². The minimum Gasteiger partial charge on any atom is -0.497 e. The Labute approximate surface area is 172 Å². The van der Waals surface area contributed by atoms with Gasteiger partial charge in [0.1, 0.15) is 11.7 Å². The molecular weight excluding hydrogens is 457 g/mol. The maximum atomic E-state index is 13.8. The second-order valence-corrected chi connectivity index (χ2v) is 7.38. The van der Waals surface area contributed by atoms with E-state index in [2.05, 4.69) is 21.2 Å². The molecule has 29 heavy (non-hydrogen) atoms. The molecule has 0 aromatic heterocycles. The number of alkyl halides is 3. The molecule has 1 aliphatic rings. The van der Waals surface area contributed by atoms with Crippen LogP contribution in [0.3, 0.4) is 0 Å². The van der Waals surface area contributed by atoms with Crippen molar-refractivity contribution in [2.24, 2.45) is 5.92 Å². The molecule has 0 radical (unpaired) electrons. The molecule has 0 bridgehead atoms. The van der Waals surface area contributed by atoms with Gasteiger partial charge in [-0.25, -0.2) is 4.79 Å². The summed E-state index contributed by atoms with van der Waals surface area (Å²) in [5.74, 6) is -2.61. The first kappa shape index (κ1) is 21.1. The summed E-state index contributed by atoms with van der Waals surface area (Å²) in [5.41, 5.74) is -3.60. The number of urea groups is 1. The number of aliphatic hydroxyl groups is 1. The van der Waals surface area contributed by atoms with E-state index >= 15 is 0 Å². The lowest BCUT2D eigenvalue weighted by Crippen LogP contribution is -2.72. The largest absolute Gasteiger partial charge is 0.497 e. The van der Waals surface area contributed by atoms with Crippen molar-refractivity contribution in [3.05, 3.63) is 64.1 Å². The highest BCUT2D eigenvalue weighted by Crippen LogP contribution is 2.44. The summed E-state index contributed by atoms with van der Waals surface area (Å²) >= 11 is 3.19. The Bertz CT molecular complexity index is 919. The number of methoxy groups -OCH3 is 1. The topological polar surface area (TPSA) is 87.7 Å². The lowest BCUT2D eigenvalue weighted by Gasteiger charge is -2.45. The molecule has 0 spiro atoms. The monoisotopic (exact) mass is 472 g/mol. The van der Waals surface area contributed by atoms with Crippen LogP contribution >= 0.6 is 15.9 Å². The van der Waals surface area contributed by atoms with Crippen molar-refractivity contribution in [1.29, 1.82) is 0 Å².